The van der Waals surface area contributed by atoms with Gasteiger partial charge in [0.2, 0.25) is 0 Å². The number of hydrogen-bond donors (Lipinski definition) is 1. The summed E-state index contributed by atoms with van der Waals surface area (Å²) in [7, 11) is 0. The van der Waals surface area contributed by atoms with Gasteiger partial charge in [0, 0.05) is 35.6 Å². The SMILES string of the molecule is C=C1[C@@H](CC)NC(=O)N1C1CC(Oc2ccc(C)c3c2C2(CC2)CO3)C1. The number of amides is 2. The fourth-order valence-electron chi connectivity index (χ4n) is 4.65. The second-order valence-corrected chi connectivity index (χ2v) is 8.29. The van der Waals surface area contributed by atoms with Crippen LogP contribution in [0.5, 0.6) is 11.5 Å². The number of aryl methyl sites for hydroxylation is 1. The monoisotopic (exact) mass is 354 g/mol. The van der Waals surface area contributed by atoms with Crippen molar-refractivity contribution < 1.29 is 14.3 Å². The lowest BCUT2D eigenvalue weighted by Crippen LogP contribution is -2.49. The van der Waals surface area contributed by atoms with Crippen molar-refractivity contribution in [1.29, 1.82) is 0 Å². The summed E-state index contributed by atoms with van der Waals surface area (Å²) in [5.41, 5.74) is 3.59. The minimum Gasteiger partial charge on any atom is -0.492 e. The fourth-order valence-corrected chi connectivity index (χ4v) is 4.65. The summed E-state index contributed by atoms with van der Waals surface area (Å²) in [5.74, 6) is 2.02. The van der Waals surface area contributed by atoms with Crippen LogP contribution in [0, 0.1) is 6.92 Å². The summed E-state index contributed by atoms with van der Waals surface area (Å²) in [6, 6.07) is 4.47. The first-order chi connectivity index (χ1) is 12.5. The number of ether oxygens (including phenoxy) is 2. The van der Waals surface area contributed by atoms with Crippen LogP contribution in [-0.2, 0) is 5.41 Å². The molecule has 5 heteroatoms. The Hall–Kier alpha value is -2.17. The molecule has 1 saturated heterocycles. The Balaban J connectivity index is 1.29. The highest BCUT2D eigenvalue weighted by atomic mass is 16.5. The molecule has 26 heavy (non-hydrogen) atoms. The van der Waals surface area contributed by atoms with Crippen molar-refractivity contribution >= 4 is 6.03 Å². The molecule has 2 saturated carbocycles. The molecule has 3 fully saturated rings. The van der Waals surface area contributed by atoms with Crippen molar-refractivity contribution in [2.75, 3.05) is 6.61 Å². The van der Waals surface area contributed by atoms with Crippen LogP contribution < -0.4 is 14.8 Å². The largest absolute Gasteiger partial charge is 0.492 e. The smallest absolute Gasteiger partial charge is 0.322 e. The lowest BCUT2D eigenvalue weighted by Gasteiger charge is -2.41. The van der Waals surface area contributed by atoms with Gasteiger partial charge in [0.25, 0.3) is 0 Å². The maximum Gasteiger partial charge on any atom is 0.322 e. The first kappa shape index (κ1) is 16.0. The molecule has 1 atom stereocenters. The number of fused-ring (bicyclic) bond motifs is 2. The molecule has 4 aliphatic rings. The van der Waals surface area contributed by atoms with Crippen LogP contribution in [0.1, 0.15) is 50.2 Å². The fraction of sp³-hybridized carbons (Fsp3) is 0.571. The van der Waals surface area contributed by atoms with Gasteiger partial charge in [-0.2, -0.15) is 0 Å². The number of nitrogens with one attached hydrogen (secondary N) is 1. The molecule has 1 aromatic carbocycles. The first-order valence-electron chi connectivity index (χ1n) is 9.74. The van der Waals surface area contributed by atoms with Crippen LogP contribution in [0.25, 0.3) is 0 Å². The van der Waals surface area contributed by atoms with Crippen LogP contribution in [-0.4, -0.2) is 35.7 Å². The van der Waals surface area contributed by atoms with Gasteiger partial charge in [-0.3, -0.25) is 4.90 Å². The molecule has 5 rings (SSSR count). The summed E-state index contributed by atoms with van der Waals surface area (Å²) in [5, 5.41) is 3.01. The van der Waals surface area contributed by atoms with E-state index in [1.165, 1.54) is 24.0 Å². The van der Waals surface area contributed by atoms with Gasteiger partial charge in [-0.1, -0.05) is 19.6 Å². The van der Waals surface area contributed by atoms with E-state index >= 15 is 0 Å². The summed E-state index contributed by atoms with van der Waals surface area (Å²) < 4.78 is 12.4. The van der Waals surface area contributed by atoms with E-state index in [9.17, 15) is 4.79 Å². The Morgan fingerprint density at radius 1 is 1.38 bits per heavy atom. The number of urea groups is 1. The first-order valence-corrected chi connectivity index (χ1v) is 9.74. The van der Waals surface area contributed by atoms with Gasteiger partial charge in [0.1, 0.15) is 17.6 Å². The van der Waals surface area contributed by atoms with Crippen LogP contribution in [0.2, 0.25) is 0 Å². The number of nitrogens with zero attached hydrogens (tertiary/aromatic N) is 1. The Bertz CT molecular complexity index is 793. The van der Waals surface area contributed by atoms with Crippen molar-refractivity contribution in [2.24, 2.45) is 0 Å². The highest BCUT2D eigenvalue weighted by Crippen LogP contribution is 2.59. The molecule has 5 nitrogen and oxygen atoms in total. The lowest BCUT2D eigenvalue weighted by molar-refractivity contribution is 0.0499. The van der Waals surface area contributed by atoms with Crippen LogP contribution in [0.4, 0.5) is 4.79 Å². The summed E-state index contributed by atoms with van der Waals surface area (Å²) >= 11 is 0. The van der Waals surface area contributed by atoms with Crippen LogP contribution in [0.15, 0.2) is 24.4 Å². The molecule has 138 valence electrons. The second kappa shape index (κ2) is 5.41. The van der Waals surface area contributed by atoms with E-state index in [0.717, 1.165) is 43.1 Å². The van der Waals surface area contributed by atoms with E-state index in [1.807, 2.05) is 4.90 Å². The minimum absolute atomic E-state index is 0.00754. The Kier molecular flexibility index (Phi) is 3.34. The van der Waals surface area contributed by atoms with Gasteiger partial charge in [-0.15, -0.1) is 0 Å². The Morgan fingerprint density at radius 3 is 2.81 bits per heavy atom. The van der Waals surface area contributed by atoms with Crippen molar-refractivity contribution in [3.8, 4) is 11.5 Å². The van der Waals surface area contributed by atoms with Gasteiger partial charge >= 0.3 is 6.03 Å². The molecule has 0 unspecified atom stereocenters. The second-order valence-electron chi connectivity index (χ2n) is 8.29. The molecular weight excluding hydrogens is 328 g/mol. The number of carbonyl (C=O) groups is 1. The minimum atomic E-state index is -0.00754. The lowest BCUT2D eigenvalue weighted by atomic mass is 9.87. The third-order valence-electron chi connectivity index (χ3n) is 6.56. The molecule has 2 aliphatic carbocycles. The van der Waals surface area contributed by atoms with E-state index in [4.69, 9.17) is 9.47 Å². The van der Waals surface area contributed by atoms with Crippen molar-refractivity contribution in [1.82, 2.24) is 10.2 Å². The highest BCUT2D eigenvalue weighted by Gasteiger charge is 2.53. The molecule has 1 N–H and O–H groups in total. The predicted octanol–water partition coefficient (Wildman–Crippen LogP) is 3.65. The van der Waals surface area contributed by atoms with Gasteiger partial charge in [0.15, 0.2) is 0 Å². The van der Waals surface area contributed by atoms with E-state index < -0.39 is 0 Å². The zero-order chi connectivity index (χ0) is 18.1. The van der Waals surface area contributed by atoms with Crippen LogP contribution in [0.3, 0.4) is 0 Å². The average molecular weight is 354 g/mol. The van der Waals surface area contributed by atoms with Crippen molar-refractivity contribution in [3.05, 3.63) is 35.5 Å². The maximum absolute atomic E-state index is 12.2. The molecule has 2 heterocycles. The molecule has 0 bridgehead atoms. The standard InChI is InChI=1S/C21H26N2O3/c1-4-16-13(3)23(20(24)22-16)14-9-15(10-14)26-17-6-5-12(2)19-18(17)21(7-8-21)11-25-19/h5-6,14-16H,3-4,7-11H2,1-2H3,(H,22,24)/t14?,15?,16-/m1/s1. The van der Waals surface area contributed by atoms with E-state index in [0.29, 0.717) is 0 Å². The third kappa shape index (κ3) is 2.19. The Morgan fingerprint density at radius 2 is 2.15 bits per heavy atom. The van der Waals surface area contributed by atoms with Crippen molar-refractivity contribution in [3.63, 3.8) is 0 Å². The third-order valence-corrected chi connectivity index (χ3v) is 6.56. The van der Waals surface area contributed by atoms with Gasteiger partial charge < -0.3 is 14.8 Å². The van der Waals surface area contributed by atoms with E-state index in [1.54, 1.807) is 0 Å². The van der Waals surface area contributed by atoms with Gasteiger partial charge in [-0.25, -0.2) is 4.79 Å². The normalized spacial score (nSPS) is 30.7. The van der Waals surface area contributed by atoms with E-state index in [-0.39, 0.29) is 29.6 Å². The number of benzene rings is 1. The zero-order valence-corrected chi connectivity index (χ0v) is 15.5. The Labute approximate surface area is 154 Å². The van der Waals surface area contributed by atoms with Crippen molar-refractivity contribution in [2.45, 2.75) is 69.6 Å². The molecular formula is C21H26N2O3. The molecule has 1 aromatic rings. The molecule has 1 spiro atoms. The quantitative estimate of drug-likeness (QED) is 0.898. The predicted molar refractivity (Wildman–Crippen MR) is 98.6 cm³/mol. The zero-order valence-electron chi connectivity index (χ0n) is 15.5. The molecule has 0 aromatic heterocycles. The number of carbonyl (C=O) groups excluding carboxylic acids is 1. The summed E-state index contributed by atoms with van der Waals surface area (Å²) in [6.45, 7) is 9.09. The molecule has 2 amide bonds. The highest BCUT2D eigenvalue weighted by molar-refractivity contribution is 5.81. The maximum atomic E-state index is 12.2. The van der Waals surface area contributed by atoms with E-state index in [2.05, 4.69) is 37.9 Å². The number of rotatable bonds is 4. The number of hydrogen-bond acceptors (Lipinski definition) is 3. The van der Waals surface area contributed by atoms with Gasteiger partial charge in [-0.05, 0) is 37.8 Å². The average Bonchev–Trinajstić information content (AvgIpc) is 3.18. The molecule has 0 radical (unpaired) electrons. The van der Waals surface area contributed by atoms with Crippen LogP contribution >= 0.6 is 0 Å². The van der Waals surface area contributed by atoms with Gasteiger partial charge in [0.05, 0.1) is 12.6 Å². The topological polar surface area (TPSA) is 50.8 Å². The summed E-state index contributed by atoms with van der Waals surface area (Å²) in [4.78, 5) is 14.1. The molecule has 2 aliphatic heterocycles. The summed E-state index contributed by atoms with van der Waals surface area (Å²) in [6.07, 6.45) is 5.15.